The molecule has 0 bridgehead atoms. The molecule has 0 aromatic heterocycles. The SMILES string of the molecule is CC(=O)C(S)CO. The molecule has 3 heteroatoms. The van der Waals surface area contributed by atoms with Crippen molar-refractivity contribution in [2.75, 3.05) is 6.61 Å². The highest BCUT2D eigenvalue weighted by atomic mass is 32.1. The van der Waals surface area contributed by atoms with Crippen molar-refractivity contribution < 1.29 is 9.90 Å². The van der Waals surface area contributed by atoms with E-state index < -0.39 is 5.25 Å². The Bertz CT molecular complexity index is 72.1. The van der Waals surface area contributed by atoms with E-state index in [1.165, 1.54) is 6.92 Å². The van der Waals surface area contributed by atoms with E-state index in [0.717, 1.165) is 0 Å². The van der Waals surface area contributed by atoms with Crippen LogP contribution in [-0.4, -0.2) is 22.7 Å². The van der Waals surface area contributed by atoms with E-state index in [0.29, 0.717) is 0 Å². The molecule has 42 valence electrons. The number of hydrogen-bond acceptors (Lipinski definition) is 3. The molecule has 0 saturated carbocycles. The molecule has 0 saturated heterocycles. The number of hydrogen-bond donors (Lipinski definition) is 2. The Morgan fingerprint density at radius 1 is 2.00 bits per heavy atom. The fraction of sp³-hybridized carbons (Fsp3) is 0.750. The summed E-state index contributed by atoms with van der Waals surface area (Å²) in [4.78, 5) is 10.1. The second-order valence-corrected chi connectivity index (χ2v) is 1.93. The molecule has 0 spiro atoms. The van der Waals surface area contributed by atoms with Crippen LogP contribution in [0.2, 0.25) is 0 Å². The van der Waals surface area contributed by atoms with Gasteiger partial charge in [-0.25, -0.2) is 0 Å². The Hall–Kier alpha value is -0.0200. The molecule has 0 heterocycles. The smallest absolute Gasteiger partial charge is 0.144 e. The molecule has 2 nitrogen and oxygen atoms in total. The zero-order valence-electron chi connectivity index (χ0n) is 4.09. The molecular weight excluding hydrogens is 112 g/mol. The third kappa shape index (κ3) is 2.65. The summed E-state index contributed by atoms with van der Waals surface area (Å²) in [7, 11) is 0. The van der Waals surface area contributed by atoms with Gasteiger partial charge in [-0.1, -0.05) is 0 Å². The highest BCUT2D eigenvalue weighted by Crippen LogP contribution is 1.91. The normalized spacial score (nSPS) is 13.6. The molecule has 7 heavy (non-hydrogen) atoms. The molecule has 0 aromatic rings. The summed E-state index contributed by atoms with van der Waals surface area (Å²) < 4.78 is 0. The van der Waals surface area contributed by atoms with Crippen molar-refractivity contribution in [1.29, 1.82) is 0 Å². The lowest BCUT2D eigenvalue weighted by Gasteiger charge is -1.96. The molecule has 0 radical (unpaired) electrons. The van der Waals surface area contributed by atoms with E-state index in [1.54, 1.807) is 0 Å². The van der Waals surface area contributed by atoms with Gasteiger partial charge in [0.05, 0.1) is 11.9 Å². The van der Waals surface area contributed by atoms with Crippen LogP contribution in [-0.2, 0) is 4.79 Å². The maximum Gasteiger partial charge on any atom is 0.144 e. The molecule has 0 aromatic carbocycles. The number of Topliss-reactive ketones (excluding diaryl/α,β-unsaturated/α-hetero) is 1. The highest BCUT2D eigenvalue weighted by molar-refractivity contribution is 7.81. The summed E-state index contributed by atoms with van der Waals surface area (Å²) in [6.07, 6.45) is 0. The fourth-order valence-electron chi connectivity index (χ4n) is 0.129. The van der Waals surface area contributed by atoms with Gasteiger partial charge in [0.2, 0.25) is 0 Å². The molecule has 0 aliphatic carbocycles. The minimum atomic E-state index is -0.486. The van der Waals surface area contributed by atoms with E-state index in [1.807, 2.05) is 0 Å². The third-order valence-electron chi connectivity index (χ3n) is 0.642. The second kappa shape index (κ2) is 3.04. The van der Waals surface area contributed by atoms with Gasteiger partial charge in [-0.2, -0.15) is 12.6 Å². The van der Waals surface area contributed by atoms with Crippen LogP contribution in [0, 0.1) is 0 Å². The first kappa shape index (κ1) is 6.98. The first-order valence-corrected chi connectivity index (χ1v) is 2.49. The number of aliphatic hydroxyl groups is 1. The lowest BCUT2D eigenvalue weighted by Crippen LogP contribution is -2.14. The van der Waals surface area contributed by atoms with Crippen molar-refractivity contribution in [2.45, 2.75) is 12.2 Å². The topological polar surface area (TPSA) is 37.3 Å². The van der Waals surface area contributed by atoms with Gasteiger partial charge in [0.15, 0.2) is 0 Å². The summed E-state index contributed by atoms with van der Waals surface area (Å²) in [6.45, 7) is 1.23. The number of thiol groups is 1. The Morgan fingerprint density at radius 3 is 2.43 bits per heavy atom. The average Bonchev–Trinajstić information content (AvgIpc) is 1.65. The quantitative estimate of drug-likeness (QED) is 0.498. The zero-order valence-corrected chi connectivity index (χ0v) is 4.98. The summed E-state index contributed by atoms with van der Waals surface area (Å²) >= 11 is 3.73. The van der Waals surface area contributed by atoms with Gasteiger partial charge < -0.3 is 5.11 Å². The molecule has 1 unspecified atom stereocenters. The number of aliphatic hydroxyl groups excluding tert-OH is 1. The van der Waals surface area contributed by atoms with Gasteiger partial charge in [-0.05, 0) is 6.92 Å². The van der Waals surface area contributed by atoms with Crippen LogP contribution in [0.3, 0.4) is 0 Å². The van der Waals surface area contributed by atoms with Crippen LogP contribution in [0.15, 0.2) is 0 Å². The molecule has 0 amide bonds. The number of rotatable bonds is 2. The molecule has 1 atom stereocenters. The van der Waals surface area contributed by atoms with Crippen molar-refractivity contribution >= 4 is 18.4 Å². The van der Waals surface area contributed by atoms with Crippen molar-refractivity contribution in [1.82, 2.24) is 0 Å². The number of carbonyl (C=O) groups is 1. The fourth-order valence-corrected chi connectivity index (χ4v) is 0.129. The standard InChI is InChI=1S/C4H8O2S/c1-3(6)4(7)2-5/h4-5,7H,2H2,1H3. The molecule has 0 aliphatic rings. The molecule has 0 rings (SSSR count). The minimum Gasteiger partial charge on any atom is -0.395 e. The van der Waals surface area contributed by atoms with Crippen molar-refractivity contribution in [3.63, 3.8) is 0 Å². The number of ketones is 1. The molecule has 0 aliphatic heterocycles. The van der Waals surface area contributed by atoms with Gasteiger partial charge in [0, 0.05) is 0 Å². The lowest BCUT2D eigenvalue weighted by molar-refractivity contribution is -0.117. The molecule has 1 N–H and O–H groups in total. The van der Waals surface area contributed by atoms with Gasteiger partial charge in [-0.3, -0.25) is 4.79 Å². The largest absolute Gasteiger partial charge is 0.395 e. The first-order chi connectivity index (χ1) is 3.18. The molecular formula is C4H8O2S. The van der Waals surface area contributed by atoms with Crippen molar-refractivity contribution in [3.05, 3.63) is 0 Å². The van der Waals surface area contributed by atoms with Gasteiger partial charge >= 0.3 is 0 Å². The van der Waals surface area contributed by atoms with Crippen LogP contribution in [0.1, 0.15) is 6.92 Å². The Labute approximate surface area is 47.9 Å². The summed E-state index contributed by atoms with van der Waals surface area (Å²) in [5.74, 6) is -0.0918. The average molecular weight is 120 g/mol. The lowest BCUT2D eigenvalue weighted by atomic mass is 10.3. The van der Waals surface area contributed by atoms with Gasteiger partial charge in [-0.15, -0.1) is 0 Å². The molecule has 0 fully saturated rings. The number of carbonyl (C=O) groups excluding carboxylic acids is 1. The van der Waals surface area contributed by atoms with E-state index in [-0.39, 0.29) is 12.4 Å². The van der Waals surface area contributed by atoms with Crippen LogP contribution < -0.4 is 0 Å². The predicted octanol–water partition coefficient (Wildman–Crippen LogP) is -0.134. The Kier molecular flexibility index (Phi) is 3.04. The first-order valence-electron chi connectivity index (χ1n) is 1.98. The summed E-state index contributed by atoms with van der Waals surface area (Å²) in [5, 5.41) is 7.72. The highest BCUT2D eigenvalue weighted by Gasteiger charge is 2.03. The minimum absolute atomic E-state index is 0.0918. The van der Waals surface area contributed by atoms with E-state index in [4.69, 9.17) is 5.11 Å². The van der Waals surface area contributed by atoms with E-state index in [2.05, 4.69) is 12.6 Å². The summed E-state index contributed by atoms with van der Waals surface area (Å²) in [6, 6.07) is 0. The van der Waals surface area contributed by atoms with Crippen LogP contribution in [0.25, 0.3) is 0 Å². The van der Waals surface area contributed by atoms with E-state index in [9.17, 15) is 4.79 Å². The van der Waals surface area contributed by atoms with Crippen molar-refractivity contribution in [3.8, 4) is 0 Å². The van der Waals surface area contributed by atoms with Gasteiger partial charge in [0.1, 0.15) is 5.78 Å². The van der Waals surface area contributed by atoms with Crippen LogP contribution in [0.5, 0.6) is 0 Å². The second-order valence-electron chi connectivity index (χ2n) is 1.31. The third-order valence-corrected chi connectivity index (χ3v) is 1.17. The monoisotopic (exact) mass is 120 g/mol. The van der Waals surface area contributed by atoms with Crippen molar-refractivity contribution in [2.24, 2.45) is 0 Å². The Morgan fingerprint density at radius 2 is 2.43 bits per heavy atom. The van der Waals surface area contributed by atoms with Gasteiger partial charge in [0.25, 0.3) is 0 Å². The maximum atomic E-state index is 10.1. The summed E-state index contributed by atoms with van der Waals surface area (Å²) in [5.41, 5.74) is 0. The van der Waals surface area contributed by atoms with Crippen LogP contribution in [0.4, 0.5) is 0 Å². The van der Waals surface area contributed by atoms with E-state index >= 15 is 0 Å². The van der Waals surface area contributed by atoms with Crippen LogP contribution >= 0.6 is 12.6 Å². The predicted molar refractivity (Wildman–Crippen MR) is 30.5 cm³/mol. The Balaban J connectivity index is 3.34. The zero-order chi connectivity index (χ0) is 5.86. The maximum absolute atomic E-state index is 10.1.